The van der Waals surface area contributed by atoms with E-state index in [1.165, 1.54) is 7.11 Å². The fourth-order valence-electron chi connectivity index (χ4n) is 3.73. The average Bonchev–Trinajstić information content (AvgIpc) is 3.46. The molecule has 0 fully saturated rings. The summed E-state index contributed by atoms with van der Waals surface area (Å²) >= 11 is 1.64. The molecule has 0 saturated carbocycles. The maximum Gasteiger partial charge on any atom is 0.339 e. The van der Waals surface area contributed by atoms with Crippen LogP contribution in [0.5, 0.6) is 0 Å². The Labute approximate surface area is 194 Å². The number of imide groups is 1. The Morgan fingerprint density at radius 2 is 2.00 bits per heavy atom. The van der Waals surface area contributed by atoms with E-state index < -0.39 is 24.5 Å². The first-order chi connectivity index (χ1) is 16.1. The lowest BCUT2D eigenvalue weighted by molar-refractivity contribution is -0.123. The molecule has 1 aromatic carbocycles. The third kappa shape index (κ3) is 5.27. The first-order valence-corrected chi connectivity index (χ1v) is 11.3. The number of benzene rings is 1. The summed E-state index contributed by atoms with van der Waals surface area (Å²) in [5.41, 5.74) is 3.78. The molecule has 3 amide bonds. The van der Waals surface area contributed by atoms with Gasteiger partial charge in [-0.15, -0.1) is 11.3 Å². The summed E-state index contributed by atoms with van der Waals surface area (Å²) in [4.78, 5) is 42.8. The van der Waals surface area contributed by atoms with Crippen LogP contribution >= 0.6 is 11.3 Å². The second-order valence-corrected chi connectivity index (χ2v) is 8.37. The van der Waals surface area contributed by atoms with Gasteiger partial charge in [0, 0.05) is 23.9 Å². The number of methoxy groups -OCH3 is 1. The van der Waals surface area contributed by atoms with Gasteiger partial charge in [0.25, 0.3) is 5.91 Å². The van der Waals surface area contributed by atoms with Crippen molar-refractivity contribution in [2.24, 2.45) is 0 Å². The predicted octanol–water partition coefficient (Wildman–Crippen LogP) is 3.41. The first kappa shape index (κ1) is 22.6. The number of allylic oxidation sites excluding steroid dienone is 1. The number of hydrogen-bond acceptors (Lipinski definition) is 7. The Morgan fingerprint density at radius 1 is 1.15 bits per heavy atom. The van der Waals surface area contributed by atoms with Gasteiger partial charge in [-0.05, 0) is 47.6 Å². The number of hydrogen-bond donors (Lipinski definition) is 2. The quantitative estimate of drug-likeness (QED) is 0.409. The summed E-state index contributed by atoms with van der Waals surface area (Å²) in [6.45, 7) is 0.00541. The van der Waals surface area contributed by atoms with Crippen LogP contribution in [0.25, 0.3) is 22.6 Å². The topological polar surface area (TPSA) is 107 Å². The van der Waals surface area contributed by atoms with Crippen LogP contribution in [0, 0.1) is 0 Å². The third-order valence-corrected chi connectivity index (χ3v) is 6.00. The Hall–Kier alpha value is -3.56. The highest BCUT2D eigenvalue weighted by Crippen LogP contribution is 2.38. The molecule has 2 aromatic heterocycles. The van der Waals surface area contributed by atoms with Crippen LogP contribution in [-0.4, -0.2) is 49.8 Å². The van der Waals surface area contributed by atoms with E-state index in [0.29, 0.717) is 29.5 Å². The number of fused-ring (bicyclic) bond motifs is 2. The molecule has 0 unspecified atom stereocenters. The molecule has 1 aliphatic rings. The Balaban J connectivity index is 1.54. The van der Waals surface area contributed by atoms with Gasteiger partial charge in [-0.2, -0.15) is 0 Å². The minimum atomic E-state index is -0.716. The summed E-state index contributed by atoms with van der Waals surface area (Å²) in [6.07, 6.45) is 3.52. The highest BCUT2D eigenvalue weighted by atomic mass is 32.1. The standard InChI is InChI=1S/C24H23N3O5S/c1-31-11-10-25-24(30)27-20(28)14-32-23(29)21-17-6-2-3-7-19(17)26-22-15(8-9-18(21)22)13-16-5-4-12-33-16/h2-7,12-13H,8-11,14H2,1H3,(H2,25,27,28,30)/b15-13+. The summed E-state index contributed by atoms with van der Waals surface area (Å²) in [5, 5.41) is 7.28. The van der Waals surface area contributed by atoms with Crippen LogP contribution in [0.3, 0.4) is 0 Å². The molecule has 0 bridgehead atoms. The maximum absolute atomic E-state index is 13.1. The van der Waals surface area contributed by atoms with Crippen molar-refractivity contribution in [3.63, 3.8) is 0 Å². The van der Waals surface area contributed by atoms with E-state index in [4.69, 9.17) is 14.5 Å². The maximum atomic E-state index is 13.1. The Bertz CT molecular complexity index is 1220. The molecule has 0 radical (unpaired) electrons. The van der Waals surface area contributed by atoms with E-state index in [1.807, 2.05) is 41.8 Å². The van der Waals surface area contributed by atoms with Gasteiger partial charge in [0.15, 0.2) is 6.61 Å². The lowest BCUT2D eigenvalue weighted by atomic mass is 10.0. The van der Waals surface area contributed by atoms with E-state index in [-0.39, 0.29) is 6.54 Å². The molecular weight excluding hydrogens is 442 g/mol. The van der Waals surface area contributed by atoms with Crippen LogP contribution in [0.2, 0.25) is 0 Å². The monoisotopic (exact) mass is 465 g/mol. The molecule has 9 heteroatoms. The number of carbonyl (C=O) groups excluding carboxylic acids is 3. The number of para-hydroxylation sites is 1. The highest BCUT2D eigenvalue weighted by Gasteiger charge is 2.28. The fraction of sp³-hybridized carbons (Fsp3) is 0.250. The van der Waals surface area contributed by atoms with Crippen molar-refractivity contribution in [2.75, 3.05) is 26.9 Å². The number of aromatic nitrogens is 1. The minimum Gasteiger partial charge on any atom is -0.452 e. The van der Waals surface area contributed by atoms with Crippen LogP contribution in [0.4, 0.5) is 4.79 Å². The van der Waals surface area contributed by atoms with Crippen molar-refractivity contribution in [1.29, 1.82) is 0 Å². The zero-order valence-corrected chi connectivity index (χ0v) is 18.9. The minimum absolute atomic E-state index is 0.256. The van der Waals surface area contributed by atoms with Gasteiger partial charge in [-0.1, -0.05) is 24.3 Å². The second-order valence-electron chi connectivity index (χ2n) is 7.39. The van der Waals surface area contributed by atoms with Crippen molar-refractivity contribution in [3.05, 3.63) is 63.5 Å². The van der Waals surface area contributed by atoms with E-state index in [2.05, 4.69) is 16.7 Å². The van der Waals surface area contributed by atoms with Crippen LogP contribution < -0.4 is 10.6 Å². The Morgan fingerprint density at radius 3 is 2.79 bits per heavy atom. The number of nitrogens with zero attached hydrogens (tertiary/aromatic N) is 1. The summed E-state index contributed by atoms with van der Waals surface area (Å²) in [6, 6.07) is 10.7. The lowest BCUT2D eigenvalue weighted by Crippen LogP contribution is -2.42. The number of amides is 3. The smallest absolute Gasteiger partial charge is 0.339 e. The summed E-state index contributed by atoms with van der Waals surface area (Å²) in [7, 11) is 1.50. The number of urea groups is 1. The number of nitrogens with one attached hydrogen (secondary N) is 2. The number of esters is 1. The molecule has 0 spiro atoms. The molecule has 2 N–H and O–H groups in total. The molecule has 2 heterocycles. The van der Waals surface area contributed by atoms with Crippen molar-refractivity contribution >= 4 is 51.8 Å². The number of thiophene rings is 1. The van der Waals surface area contributed by atoms with Gasteiger partial charge >= 0.3 is 12.0 Å². The van der Waals surface area contributed by atoms with Crippen molar-refractivity contribution in [1.82, 2.24) is 15.6 Å². The second kappa shape index (κ2) is 10.4. The van der Waals surface area contributed by atoms with Gasteiger partial charge in [0.1, 0.15) is 0 Å². The summed E-state index contributed by atoms with van der Waals surface area (Å²) in [5.74, 6) is -1.33. The fourth-order valence-corrected chi connectivity index (χ4v) is 4.42. The molecule has 0 saturated heterocycles. The normalized spacial score (nSPS) is 13.7. The average molecular weight is 466 g/mol. The van der Waals surface area contributed by atoms with E-state index in [1.54, 1.807) is 11.3 Å². The lowest BCUT2D eigenvalue weighted by Gasteiger charge is -2.12. The van der Waals surface area contributed by atoms with Crippen LogP contribution in [0.15, 0.2) is 41.8 Å². The van der Waals surface area contributed by atoms with Gasteiger partial charge < -0.3 is 14.8 Å². The van der Waals surface area contributed by atoms with Crippen molar-refractivity contribution in [3.8, 4) is 0 Å². The van der Waals surface area contributed by atoms with Crippen molar-refractivity contribution < 1.29 is 23.9 Å². The van der Waals surface area contributed by atoms with Gasteiger partial charge in [0.2, 0.25) is 0 Å². The molecule has 1 aliphatic carbocycles. The third-order valence-electron chi connectivity index (χ3n) is 5.18. The molecule has 0 aliphatic heterocycles. The molecule has 8 nitrogen and oxygen atoms in total. The van der Waals surface area contributed by atoms with E-state index >= 15 is 0 Å². The predicted molar refractivity (Wildman–Crippen MR) is 126 cm³/mol. The molecule has 170 valence electrons. The van der Waals surface area contributed by atoms with Crippen molar-refractivity contribution in [2.45, 2.75) is 12.8 Å². The van der Waals surface area contributed by atoms with Gasteiger partial charge in [-0.3, -0.25) is 10.1 Å². The van der Waals surface area contributed by atoms with Gasteiger partial charge in [0.05, 0.1) is 23.4 Å². The number of ether oxygens (including phenoxy) is 2. The van der Waals surface area contributed by atoms with Crippen LogP contribution in [-0.2, 0) is 20.7 Å². The molecule has 4 rings (SSSR count). The molecule has 33 heavy (non-hydrogen) atoms. The number of rotatable bonds is 7. The number of carbonyl (C=O) groups is 3. The first-order valence-electron chi connectivity index (χ1n) is 10.5. The molecular formula is C24H23N3O5S. The highest BCUT2D eigenvalue weighted by molar-refractivity contribution is 7.10. The largest absolute Gasteiger partial charge is 0.452 e. The van der Waals surface area contributed by atoms with Crippen LogP contribution in [0.1, 0.15) is 32.9 Å². The zero-order valence-electron chi connectivity index (χ0n) is 18.1. The summed E-state index contributed by atoms with van der Waals surface area (Å²) < 4.78 is 10.1. The SMILES string of the molecule is COCCNC(=O)NC(=O)COC(=O)c1c2c(nc3ccccc13)/C(=C/c1cccs1)CC2. The Kier molecular flexibility index (Phi) is 7.11. The number of pyridine rings is 1. The molecule has 3 aromatic rings. The zero-order chi connectivity index (χ0) is 23.2. The van der Waals surface area contributed by atoms with Gasteiger partial charge in [-0.25, -0.2) is 14.6 Å². The van der Waals surface area contributed by atoms with E-state index in [0.717, 1.165) is 28.1 Å². The molecule has 0 atom stereocenters. The van der Waals surface area contributed by atoms with E-state index in [9.17, 15) is 14.4 Å².